The predicted octanol–water partition coefficient (Wildman–Crippen LogP) is 3.45. The molecule has 166 valence electrons. The van der Waals surface area contributed by atoms with Gasteiger partial charge >= 0.3 is 0 Å². The lowest BCUT2D eigenvalue weighted by Crippen LogP contribution is -2.48. The van der Waals surface area contributed by atoms with Crippen LogP contribution in [0.4, 0.5) is 5.13 Å². The molecule has 2 amide bonds. The number of carbonyl (C=O) groups excluding carboxylic acids is 2. The standard InChI is InChI=1S/C23H30N4O3S/c28-20-16-23(8-3-4-9-23)17-21(29)27(20)30-15-5-10-25-11-13-26(14-12-25)22-24-18-6-1-2-7-19(18)31-22/h1-2,6-7H,3-5,8-17H2. The highest BCUT2D eigenvalue weighted by Crippen LogP contribution is 2.46. The first-order chi connectivity index (χ1) is 15.1. The zero-order chi connectivity index (χ0) is 21.3. The quantitative estimate of drug-likeness (QED) is 0.504. The molecule has 1 spiro atoms. The number of hydroxylamine groups is 2. The lowest BCUT2D eigenvalue weighted by atomic mass is 9.77. The van der Waals surface area contributed by atoms with E-state index in [4.69, 9.17) is 9.82 Å². The van der Waals surface area contributed by atoms with Crippen LogP contribution in [0.3, 0.4) is 0 Å². The summed E-state index contributed by atoms with van der Waals surface area (Å²) in [6.07, 6.45) is 6.01. The third-order valence-corrected chi connectivity index (χ3v) is 8.03. The van der Waals surface area contributed by atoms with E-state index >= 15 is 0 Å². The van der Waals surface area contributed by atoms with Crippen molar-refractivity contribution in [2.75, 3.05) is 44.2 Å². The summed E-state index contributed by atoms with van der Waals surface area (Å²) in [4.78, 5) is 40.1. The van der Waals surface area contributed by atoms with Crippen LogP contribution in [0.2, 0.25) is 0 Å². The van der Waals surface area contributed by atoms with Gasteiger partial charge in [0.1, 0.15) is 0 Å². The number of hydrogen-bond donors (Lipinski definition) is 0. The van der Waals surface area contributed by atoms with Crippen molar-refractivity contribution < 1.29 is 14.4 Å². The molecule has 2 aliphatic heterocycles. The number of fused-ring (bicyclic) bond motifs is 1. The van der Waals surface area contributed by atoms with Gasteiger partial charge in [-0.3, -0.25) is 19.3 Å². The van der Waals surface area contributed by atoms with Crippen LogP contribution in [0, 0.1) is 5.41 Å². The molecule has 3 fully saturated rings. The van der Waals surface area contributed by atoms with Crippen molar-refractivity contribution in [1.82, 2.24) is 14.9 Å². The van der Waals surface area contributed by atoms with E-state index in [-0.39, 0.29) is 17.2 Å². The number of carbonyl (C=O) groups is 2. The van der Waals surface area contributed by atoms with Gasteiger partial charge in [-0.1, -0.05) is 36.3 Å². The van der Waals surface area contributed by atoms with Gasteiger partial charge in [0, 0.05) is 45.6 Å². The second kappa shape index (κ2) is 8.84. The van der Waals surface area contributed by atoms with E-state index < -0.39 is 0 Å². The summed E-state index contributed by atoms with van der Waals surface area (Å²) in [5.41, 5.74) is 1.000. The van der Waals surface area contributed by atoms with E-state index in [9.17, 15) is 9.59 Å². The minimum Gasteiger partial charge on any atom is -0.345 e. The molecule has 1 saturated carbocycles. The van der Waals surface area contributed by atoms with Crippen molar-refractivity contribution in [1.29, 1.82) is 0 Å². The Hall–Kier alpha value is -2.03. The van der Waals surface area contributed by atoms with Crippen LogP contribution < -0.4 is 4.90 Å². The number of rotatable bonds is 6. The summed E-state index contributed by atoms with van der Waals surface area (Å²) in [5.74, 6) is -0.301. The second-order valence-corrected chi connectivity index (χ2v) is 10.1. The molecule has 1 aliphatic carbocycles. The Morgan fingerprint density at radius 2 is 1.71 bits per heavy atom. The van der Waals surface area contributed by atoms with Gasteiger partial charge in [0.05, 0.1) is 16.8 Å². The van der Waals surface area contributed by atoms with Gasteiger partial charge in [-0.25, -0.2) is 4.98 Å². The number of piperidine rings is 1. The van der Waals surface area contributed by atoms with Gasteiger partial charge in [0.2, 0.25) is 0 Å². The number of para-hydroxylation sites is 1. The van der Waals surface area contributed by atoms with E-state index in [0.29, 0.717) is 19.4 Å². The lowest BCUT2D eigenvalue weighted by molar-refractivity contribution is -0.205. The fourth-order valence-corrected chi connectivity index (χ4v) is 6.23. The SMILES string of the molecule is O=C1CC2(CCCC2)CC(=O)N1OCCCN1CCN(c2nc3ccccc3s2)CC1. The molecule has 0 radical (unpaired) electrons. The molecule has 0 bridgehead atoms. The van der Waals surface area contributed by atoms with Gasteiger partial charge in [-0.05, 0) is 36.8 Å². The van der Waals surface area contributed by atoms with Crippen LogP contribution in [-0.4, -0.2) is 66.1 Å². The summed E-state index contributed by atoms with van der Waals surface area (Å²) in [7, 11) is 0. The van der Waals surface area contributed by atoms with Gasteiger partial charge in [0.25, 0.3) is 11.8 Å². The van der Waals surface area contributed by atoms with Gasteiger partial charge in [0.15, 0.2) is 5.13 Å². The normalized spacial score (nSPS) is 22.2. The number of amides is 2. The summed E-state index contributed by atoms with van der Waals surface area (Å²) < 4.78 is 1.23. The first-order valence-corrected chi connectivity index (χ1v) is 12.3. The van der Waals surface area contributed by atoms with Crippen molar-refractivity contribution in [3.63, 3.8) is 0 Å². The molecule has 0 N–H and O–H groups in total. The van der Waals surface area contributed by atoms with E-state index in [1.807, 2.05) is 6.07 Å². The minimum absolute atomic E-state index is 0.0724. The fourth-order valence-electron chi connectivity index (χ4n) is 5.21. The topological polar surface area (TPSA) is 66.0 Å². The van der Waals surface area contributed by atoms with Crippen LogP contribution in [0.25, 0.3) is 10.2 Å². The predicted molar refractivity (Wildman–Crippen MR) is 121 cm³/mol. The Bertz CT molecular complexity index is 894. The van der Waals surface area contributed by atoms with Crippen molar-refractivity contribution in [3.8, 4) is 0 Å². The largest absolute Gasteiger partial charge is 0.345 e. The molecule has 3 aliphatic rings. The van der Waals surface area contributed by atoms with Crippen molar-refractivity contribution in [3.05, 3.63) is 24.3 Å². The molecule has 31 heavy (non-hydrogen) atoms. The number of thiazole rings is 1. The Kier molecular flexibility index (Phi) is 5.95. The first kappa shape index (κ1) is 20.8. The number of nitrogens with zero attached hydrogens (tertiary/aromatic N) is 4. The highest BCUT2D eigenvalue weighted by atomic mass is 32.1. The maximum atomic E-state index is 12.5. The van der Waals surface area contributed by atoms with E-state index in [1.165, 1.54) is 4.70 Å². The fraction of sp³-hybridized carbons (Fsp3) is 0.609. The Labute approximate surface area is 186 Å². The average molecular weight is 443 g/mol. The average Bonchev–Trinajstić information content (AvgIpc) is 3.40. The number of hydrogen-bond acceptors (Lipinski definition) is 7. The molecule has 1 aromatic heterocycles. The molecule has 1 aromatic carbocycles. The Balaban J connectivity index is 1.04. The summed E-state index contributed by atoms with van der Waals surface area (Å²) in [6, 6.07) is 8.28. The van der Waals surface area contributed by atoms with Crippen LogP contribution in [0.1, 0.15) is 44.9 Å². The first-order valence-electron chi connectivity index (χ1n) is 11.4. The molecule has 7 nitrogen and oxygen atoms in total. The summed E-state index contributed by atoms with van der Waals surface area (Å²) in [5, 5.41) is 2.15. The van der Waals surface area contributed by atoms with Crippen molar-refractivity contribution in [2.24, 2.45) is 5.41 Å². The number of benzene rings is 1. The van der Waals surface area contributed by atoms with E-state index in [0.717, 1.165) is 80.5 Å². The van der Waals surface area contributed by atoms with Gasteiger partial charge < -0.3 is 4.90 Å². The number of anilines is 1. The smallest absolute Gasteiger partial charge is 0.254 e. The van der Waals surface area contributed by atoms with Crippen LogP contribution in [0.5, 0.6) is 0 Å². The minimum atomic E-state index is -0.150. The number of aromatic nitrogens is 1. The highest BCUT2D eigenvalue weighted by molar-refractivity contribution is 7.22. The van der Waals surface area contributed by atoms with Crippen LogP contribution >= 0.6 is 11.3 Å². The molecule has 2 saturated heterocycles. The number of piperazine rings is 1. The van der Waals surface area contributed by atoms with Crippen LogP contribution in [0.15, 0.2) is 24.3 Å². The maximum Gasteiger partial charge on any atom is 0.254 e. The van der Waals surface area contributed by atoms with Gasteiger partial charge in [-0.2, -0.15) is 5.06 Å². The third kappa shape index (κ3) is 4.47. The monoisotopic (exact) mass is 442 g/mol. The second-order valence-electron chi connectivity index (χ2n) is 9.12. The highest BCUT2D eigenvalue weighted by Gasteiger charge is 2.45. The van der Waals surface area contributed by atoms with Crippen LogP contribution in [-0.2, 0) is 14.4 Å². The molecule has 2 aromatic rings. The number of imide groups is 1. The zero-order valence-electron chi connectivity index (χ0n) is 17.9. The molecule has 0 unspecified atom stereocenters. The molecular formula is C23H30N4O3S. The molecule has 5 rings (SSSR count). The van der Waals surface area contributed by atoms with Gasteiger partial charge in [-0.15, -0.1) is 0 Å². The molecule has 0 atom stereocenters. The third-order valence-electron chi connectivity index (χ3n) is 6.93. The molecule has 3 heterocycles. The van der Waals surface area contributed by atoms with E-state index in [1.54, 1.807) is 11.3 Å². The zero-order valence-corrected chi connectivity index (χ0v) is 18.7. The Morgan fingerprint density at radius 1 is 1.00 bits per heavy atom. The van der Waals surface area contributed by atoms with Crippen molar-refractivity contribution >= 4 is 38.5 Å². The molecule has 8 heteroatoms. The maximum absolute atomic E-state index is 12.5. The molecular weight excluding hydrogens is 412 g/mol. The lowest BCUT2D eigenvalue weighted by Gasteiger charge is -2.36. The Morgan fingerprint density at radius 3 is 2.42 bits per heavy atom. The summed E-state index contributed by atoms with van der Waals surface area (Å²) in [6.45, 7) is 5.22. The summed E-state index contributed by atoms with van der Waals surface area (Å²) >= 11 is 1.76. The van der Waals surface area contributed by atoms with E-state index in [2.05, 4.69) is 28.0 Å². The van der Waals surface area contributed by atoms with Crippen molar-refractivity contribution in [2.45, 2.75) is 44.9 Å².